The van der Waals surface area contributed by atoms with E-state index in [1.165, 1.54) is 24.6 Å². The zero-order chi connectivity index (χ0) is 15.4. The molecule has 3 rings (SSSR count). The highest BCUT2D eigenvalue weighted by atomic mass is 32.2. The van der Waals surface area contributed by atoms with Crippen LogP contribution in [0.15, 0.2) is 24.3 Å². The molecule has 0 spiro atoms. The van der Waals surface area contributed by atoms with Gasteiger partial charge in [-0.2, -0.15) is 0 Å². The first-order valence-electron chi connectivity index (χ1n) is 7.69. The van der Waals surface area contributed by atoms with Crippen LogP contribution < -0.4 is 10.1 Å². The molecule has 1 aliphatic heterocycles. The first-order chi connectivity index (χ1) is 10.7. The summed E-state index contributed by atoms with van der Waals surface area (Å²) in [4.78, 5) is 25.0. The summed E-state index contributed by atoms with van der Waals surface area (Å²) in [6.07, 6.45) is 5.07. The molecule has 0 bridgehead atoms. The lowest BCUT2D eigenvalue weighted by Gasteiger charge is -2.15. The van der Waals surface area contributed by atoms with Crippen LogP contribution in [0.3, 0.4) is 0 Å². The second-order valence-electron chi connectivity index (χ2n) is 5.63. The highest BCUT2D eigenvalue weighted by molar-refractivity contribution is 8.13. The van der Waals surface area contributed by atoms with Gasteiger partial charge in [0, 0.05) is 18.0 Å². The van der Waals surface area contributed by atoms with Crippen LogP contribution in [0.1, 0.15) is 25.7 Å². The number of anilines is 1. The standard InChI is InChI=1S/C16H20N2O3S/c19-15(11-18-9-10-22-16(18)20)17-12-5-7-14(8-6-12)21-13-3-1-2-4-13/h5-8,13H,1-4,9-11H2,(H,17,19). The smallest absolute Gasteiger partial charge is 0.282 e. The van der Waals surface area contributed by atoms with Crippen LogP contribution in [0.4, 0.5) is 10.5 Å². The molecule has 6 heteroatoms. The Morgan fingerprint density at radius 2 is 2.00 bits per heavy atom. The topological polar surface area (TPSA) is 58.6 Å². The number of rotatable bonds is 5. The van der Waals surface area contributed by atoms with Crippen molar-refractivity contribution in [2.45, 2.75) is 31.8 Å². The summed E-state index contributed by atoms with van der Waals surface area (Å²) in [6.45, 7) is 0.761. The molecule has 1 aromatic carbocycles. The quantitative estimate of drug-likeness (QED) is 0.905. The van der Waals surface area contributed by atoms with Crippen LogP contribution in [-0.4, -0.2) is 41.0 Å². The second kappa shape index (κ2) is 7.05. The number of nitrogens with zero attached hydrogens (tertiary/aromatic N) is 1. The fraction of sp³-hybridized carbons (Fsp3) is 0.500. The average molecular weight is 320 g/mol. The number of ether oxygens (including phenoxy) is 1. The van der Waals surface area contributed by atoms with Gasteiger partial charge in [0.1, 0.15) is 12.3 Å². The van der Waals surface area contributed by atoms with E-state index in [2.05, 4.69) is 5.32 Å². The van der Waals surface area contributed by atoms with Gasteiger partial charge in [0.2, 0.25) is 5.91 Å². The molecule has 2 aliphatic rings. The predicted octanol–water partition coefficient (Wildman–Crippen LogP) is 3.12. The van der Waals surface area contributed by atoms with E-state index in [9.17, 15) is 9.59 Å². The summed E-state index contributed by atoms with van der Waals surface area (Å²) >= 11 is 1.26. The molecule has 0 unspecified atom stereocenters. The molecular weight excluding hydrogens is 300 g/mol. The number of amides is 2. The molecule has 2 fully saturated rings. The number of benzene rings is 1. The van der Waals surface area contributed by atoms with Crippen molar-refractivity contribution in [3.63, 3.8) is 0 Å². The summed E-state index contributed by atoms with van der Waals surface area (Å²) in [6, 6.07) is 7.43. The third-order valence-electron chi connectivity index (χ3n) is 3.92. The molecule has 0 radical (unpaired) electrons. The minimum atomic E-state index is -0.166. The summed E-state index contributed by atoms with van der Waals surface area (Å²) in [5.41, 5.74) is 0.725. The second-order valence-corrected chi connectivity index (χ2v) is 6.68. The number of hydrogen-bond donors (Lipinski definition) is 1. The van der Waals surface area contributed by atoms with E-state index >= 15 is 0 Å². The SMILES string of the molecule is O=C(CN1CCSC1=O)Nc1ccc(OC2CCCC2)cc1. The van der Waals surface area contributed by atoms with Gasteiger partial charge in [-0.1, -0.05) is 11.8 Å². The van der Waals surface area contributed by atoms with E-state index < -0.39 is 0 Å². The first-order valence-corrected chi connectivity index (χ1v) is 8.67. The molecule has 22 heavy (non-hydrogen) atoms. The Hall–Kier alpha value is -1.69. The number of nitrogens with one attached hydrogen (secondary N) is 1. The number of thioether (sulfide) groups is 1. The van der Waals surface area contributed by atoms with Crippen LogP contribution in [-0.2, 0) is 4.79 Å². The van der Waals surface area contributed by atoms with Crippen molar-refractivity contribution in [3.8, 4) is 5.75 Å². The van der Waals surface area contributed by atoms with Gasteiger partial charge in [-0.25, -0.2) is 0 Å². The van der Waals surface area contributed by atoms with Gasteiger partial charge in [-0.3, -0.25) is 9.59 Å². The molecular formula is C16H20N2O3S. The number of hydrogen-bond acceptors (Lipinski definition) is 4. The highest BCUT2D eigenvalue weighted by Gasteiger charge is 2.23. The van der Waals surface area contributed by atoms with Crippen molar-refractivity contribution in [1.82, 2.24) is 4.90 Å². The van der Waals surface area contributed by atoms with Gasteiger partial charge >= 0.3 is 0 Å². The van der Waals surface area contributed by atoms with E-state index in [4.69, 9.17) is 4.74 Å². The third-order valence-corrected chi connectivity index (χ3v) is 4.81. The van der Waals surface area contributed by atoms with Crippen molar-refractivity contribution in [2.75, 3.05) is 24.2 Å². The van der Waals surface area contributed by atoms with Crippen LogP contribution in [0, 0.1) is 0 Å². The Kier molecular flexibility index (Phi) is 4.87. The maximum Gasteiger partial charge on any atom is 0.282 e. The fourth-order valence-corrected chi connectivity index (χ4v) is 3.58. The van der Waals surface area contributed by atoms with Gasteiger partial charge in [0.25, 0.3) is 5.24 Å². The third kappa shape index (κ3) is 3.94. The van der Waals surface area contributed by atoms with E-state index in [1.54, 1.807) is 4.90 Å². The molecule has 1 aromatic rings. The van der Waals surface area contributed by atoms with E-state index in [0.717, 1.165) is 30.0 Å². The maximum absolute atomic E-state index is 11.9. The minimum absolute atomic E-state index is 0.0181. The van der Waals surface area contributed by atoms with Gasteiger partial charge < -0.3 is 15.0 Å². The maximum atomic E-state index is 11.9. The molecule has 118 valence electrons. The predicted molar refractivity (Wildman–Crippen MR) is 87.4 cm³/mol. The summed E-state index contributed by atoms with van der Waals surface area (Å²) in [5.74, 6) is 1.44. The number of carbonyl (C=O) groups excluding carboxylic acids is 2. The van der Waals surface area contributed by atoms with E-state index in [0.29, 0.717) is 12.6 Å². The van der Waals surface area contributed by atoms with Crippen molar-refractivity contribution < 1.29 is 14.3 Å². The summed E-state index contributed by atoms with van der Waals surface area (Å²) < 4.78 is 5.89. The Morgan fingerprint density at radius 3 is 2.64 bits per heavy atom. The van der Waals surface area contributed by atoms with Gasteiger partial charge in [0.05, 0.1) is 6.10 Å². The average Bonchev–Trinajstić information content (AvgIpc) is 3.14. The van der Waals surface area contributed by atoms with Crippen molar-refractivity contribution in [1.29, 1.82) is 0 Å². The Balaban J connectivity index is 1.49. The Bertz CT molecular complexity index is 541. The van der Waals surface area contributed by atoms with Crippen molar-refractivity contribution in [2.24, 2.45) is 0 Å². The highest BCUT2D eigenvalue weighted by Crippen LogP contribution is 2.25. The van der Waals surface area contributed by atoms with E-state index in [-0.39, 0.29) is 17.7 Å². The minimum Gasteiger partial charge on any atom is -0.490 e. The molecule has 1 heterocycles. The lowest BCUT2D eigenvalue weighted by molar-refractivity contribution is -0.116. The zero-order valence-electron chi connectivity index (χ0n) is 12.4. The number of carbonyl (C=O) groups is 2. The molecule has 1 N–H and O–H groups in total. The normalized spacial score (nSPS) is 18.7. The van der Waals surface area contributed by atoms with Crippen LogP contribution >= 0.6 is 11.8 Å². The molecule has 1 saturated heterocycles. The summed E-state index contributed by atoms with van der Waals surface area (Å²) in [5, 5.41) is 2.79. The van der Waals surface area contributed by atoms with Crippen LogP contribution in [0.5, 0.6) is 5.75 Å². The lowest BCUT2D eigenvalue weighted by Crippen LogP contribution is -2.33. The fourth-order valence-electron chi connectivity index (χ4n) is 2.76. The molecule has 0 atom stereocenters. The molecule has 5 nitrogen and oxygen atoms in total. The van der Waals surface area contributed by atoms with E-state index in [1.807, 2.05) is 24.3 Å². The van der Waals surface area contributed by atoms with Gasteiger partial charge in [-0.05, 0) is 49.9 Å². The Labute approximate surface area is 134 Å². The zero-order valence-corrected chi connectivity index (χ0v) is 13.2. The molecule has 1 saturated carbocycles. The van der Waals surface area contributed by atoms with Crippen molar-refractivity contribution in [3.05, 3.63) is 24.3 Å². The first kappa shape index (κ1) is 15.2. The van der Waals surface area contributed by atoms with Gasteiger partial charge in [-0.15, -0.1) is 0 Å². The molecule has 0 aromatic heterocycles. The van der Waals surface area contributed by atoms with Gasteiger partial charge in [0.15, 0.2) is 0 Å². The molecule has 2 amide bonds. The van der Waals surface area contributed by atoms with Crippen LogP contribution in [0.25, 0.3) is 0 Å². The largest absolute Gasteiger partial charge is 0.490 e. The lowest BCUT2D eigenvalue weighted by atomic mass is 10.2. The monoisotopic (exact) mass is 320 g/mol. The van der Waals surface area contributed by atoms with Crippen LogP contribution in [0.2, 0.25) is 0 Å². The summed E-state index contributed by atoms with van der Waals surface area (Å²) in [7, 11) is 0. The van der Waals surface area contributed by atoms with Crippen molar-refractivity contribution >= 4 is 28.6 Å². The molecule has 1 aliphatic carbocycles. The Morgan fingerprint density at radius 1 is 1.27 bits per heavy atom.